The van der Waals surface area contributed by atoms with Crippen LogP contribution < -0.4 is 0 Å². The third-order valence-electron chi connectivity index (χ3n) is 1.58. The monoisotopic (exact) mass is 192 g/mol. The molecule has 0 N–H and O–H groups in total. The number of ether oxygens (including phenoxy) is 1. The lowest BCUT2D eigenvalue weighted by atomic mass is 10.3. The van der Waals surface area contributed by atoms with Gasteiger partial charge in [-0.1, -0.05) is 5.92 Å². The summed E-state index contributed by atoms with van der Waals surface area (Å²) in [6, 6.07) is 1.79. The summed E-state index contributed by atoms with van der Waals surface area (Å²) >= 11 is 0. The van der Waals surface area contributed by atoms with Gasteiger partial charge in [-0.3, -0.25) is 9.48 Å². The number of nitrogens with zero attached hydrogens (tertiary/aromatic N) is 2. The second-order valence-electron chi connectivity index (χ2n) is 2.62. The molecule has 0 aliphatic carbocycles. The Morgan fingerprint density at radius 3 is 3.07 bits per heavy atom. The SMILES string of the molecule is CCOC(=O)CC#Cc1ccnn1C. The Hall–Kier alpha value is -1.76. The van der Waals surface area contributed by atoms with Gasteiger partial charge in [-0.2, -0.15) is 5.10 Å². The van der Waals surface area contributed by atoms with Gasteiger partial charge < -0.3 is 4.74 Å². The molecule has 0 bridgehead atoms. The molecule has 0 radical (unpaired) electrons. The van der Waals surface area contributed by atoms with Crippen LogP contribution in [0.15, 0.2) is 12.3 Å². The second-order valence-corrected chi connectivity index (χ2v) is 2.62. The number of esters is 1. The third kappa shape index (κ3) is 2.94. The highest BCUT2D eigenvalue weighted by molar-refractivity contribution is 5.72. The van der Waals surface area contributed by atoms with Crippen LogP contribution in [0.1, 0.15) is 19.0 Å². The van der Waals surface area contributed by atoms with E-state index in [0.717, 1.165) is 5.69 Å². The minimum absolute atomic E-state index is 0.124. The molecular formula is C10H12N2O2. The van der Waals surface area contributed by atoms with E-state index in [9.17, 15) is 4.79 Å². The minimum Gasteiger partial charge on any atom is -0.465 e. The molecule has 1 aromatic heterocycles. The Balaban J connectivity index is 2.49. The zero-order valence-corrected chi connectivity index (χ0v) is 8.28. The number of aromatic nitrogens is 2. The average molecular weight is 192 g/mol. The number of hydrogen-bond acceptors (Lipinski definition) is 3. The summed E-state index contributed by atoms with van der Waals surface area (Å²) in [5.41, 5.74) is 0.786. The topological polar surface area (TPSA) is 44.1 Å². The van der Waals surface area contributed by atoms with Crippen LogP contribution in [0.3, 0.4) is 0 Å². The number of aryl methyl sites for hydroxylation is 1. The van der Waals surface area contributed by atoms with Crippen LogP contribution >= 0.6 is 0 Å². The van der Waals surface area contributed by atoms with Crippen molar-refractivity contribution in [3.8, 4) is 11.8 Å². The van der Waals surface area contributed by atoms with Gasteiger partial charge in [-0.05, 0) is 18.9 Å². The van der Waals surface area contributed by atoms with Gasteiger partial charge in [0.05, 0.1) is 12.8 Å². The molecule has 74 valence electrons. The Kier molecular flexibility index (Phi) is 3.74. The van der Waals surface area contributed by atoms with Crippen molar-refractivity contribution in [1.82, 2.24) is 9.78 Å². The minimum atomic E-state index is -0.290. The van der Waals surface area contributed by atoms with Crippen LogP contribution in [0.25, 0.3) is 0 Å². The summed E-state index contributed by atoms with van der Waals surface area (Å²) in [4.78, 5) is 10.9. The lowest BCUT2D eigenvalue weighted by Crippen LogP contribution is -2.01. The van der Waals surface area contributed by atoms with Crippen LogP contribution in [-0.4, -0.2) is 22.4 Å². The van der Waals surface area contributed by atoms with E-state index >= 15 is 0 Å². The van der Waals surface area contributed by atoms with Crippen LogP contribution in [-0.2, 0) is 16.6 Å². The van der Waals surface area contributed by atoms with Gasteiger partial charge in [0.1, 0.15) is 12.1 Å². The van der Waals surface area contributed by atoms with Crippen molar-refractivity contribution in [3.05, 3.63) is 18.0 Å². The summed E-state index contributed by atoms with van der Waals surface area (Å²) < 4.78 is 6.38. The first kappa shape index (κ1) is 10.3. The maximum absolute atomic E-state index is 10.9. The quantitative estimate of drug-likeness (QED) is 0.512. The first-order valence-electron chi connectivity index (χ1n) is 4.36. The van der Waals surface area contributed by atoms with Gasteiger partial charge in [-0.25, -0.2) is 0 Å². The molecule has 1 rings (SSSR count). The van der Waals surface area contributed by atoms with Crippen LogP contribution in [0, 0.1) is 11.8 Å². The predicted octanol–water partition coefficient (Wildman–Crippen LogP) is 0.725. The van der Waals surface area contributed by atoms with Crippen LogP contribution in [0.4, 0.5) is 0 Å². The highest BCUT2D eigenvalue weighted by Crippen LogP contribution is 1.93. The Bertz CT molecular complexity index is 371. The van der Waals surface area contributed by atoms with Gasteiger partial charge in [0.2, 0.25) is 0 Å². The van der Waals surface area contributed by atoms with Gasteiger partial charge in [0.15, 0.2) is 0 Å². The molecule has 0 saturated heterocycles. The second kappa shape index (κ2) is 5.07. The molecule has 0 aliphatic rings. The molecule has 1 heterocycles. The lowest BCUT2D eigenvalue weighted by Gasteiger charge is -1.94. The molecule has 0 fully saturated rings. The van der Waals surface area contributed by atoms with E-state index < -0.39 is 0 Å². The summed E-state index contributed by atoms with van der Waals surface area (Å²) in [6.45, 7) is 2.17. The van der Waals surface area contributed by atoms with Crippen molar-refractivity contribution < 1.29 is 9.53 Å². The van der Waals surface area contributed by atoms with Gasteiger partial charge >= 0.3 is 5.97 Å². The number of carbonyl (C=O) groups excluding carboxylic acids is 1. The molecule has 0 atom stereocenters. The van der Waals surface area contributed by atoms with Gasteiger partial charge in [0.25, 0.3) is 0 Å². The molecule has 0 unspecified atom stereocenters. The number of hydrogen-bond donors (Lipinski definition) is 0. The van der Waals surface area contributed by atoms with E-state index in [0.29, 0.717) is 6.61 Å². The zero-order valence-electron chi connectivity index (χ0n) is 8.28. The summed E-state index contributed by atoms with van der Waals surface area (Å²) in [7, 11) is 1.80. The smallest absolute Gasteiger partial charge is 0.317 e. The van der Waals surface area contributed by atoms with Crippen molar-refractivity contribution in [3.63, 3.8) is 0 Å². The molecule has 0 saturated carbocycles. The molecule has 0 aliphatic heterocycles. The molecule has 14 heavy (non-hydrogen) atoms. The molecule has 0 aromatic carbocycles. The standard InChI is InChI=1S/C10H12N2O2/c1-3-14-10(13)6-4-5-9-7-8-11-12(9)2/h7-8H,3,6H2,1-2H3. The fourth-order valence-electron chi connectivity index (χ4n) is 0.916. The molecule has 4 heteroatoms. The predicted molar refractivity (Wildman–Crippen MR) is 51.3 cm³/mol. The van der Waals surface area contributed by atoms with Crippen molar-refractivity contribution in [2.45, 2.75) is 13.3 Å². The van der Waals surface area contributed by atoms with Crippen molar-refractivity contribution in [2.24, 2.45) is 7.05 Å². The van der Waals surface area contributed by atoms with Gasteiger partial charge in [-0.15, -0.1) is 0 Å². The van der Waals surface area contributed by atoms with E-state index in [1.165, 1.54) is 0 Å². The largest absolute Gasteiger partial charge is 0.465 e. The Morgan fingerprint density at radius 2 is 2.50 bits per heavy atom. The number of carbonyl (C=O) groups is 1. The summed E-state index contributed by atoms with van der Waals surface area (Å²) in [6.07, 6.45) is 1.79. The number of rotatable bonds is 2. The molecule has 0 spiro atoms. The summed E-state index contributed by atoms with van der Waals surface area (Å²) in [5.74, 6) is 5.27. The summed E-state index contributed by atoms with van der Waals surface area (Å²) in [5, 5.41) is 3.95. The van der Waals surface area contributed by atoms with Crippen LogP contribution in [0.2, 0.25) is 0 Å². The fraction of sp³-hybridized carbons (Fsp3) is 0.400. The maximum atomic E-state index is 10.9. The first-order chi connectivity index (χ1) is 6.74. The fourth-order valence-corrected chi connectivity index (χ4v) is 0.916. The van der Waals surface area contributed by atoms with E-state index in [1.807, 2.05) is 0 Å². The third-order valence-corrected chi connectivity index (χ3v) is 1.58. The highest BCUT2D eigenvalue weighted by atomic mass is 16.5. The zero-order chi connectivity index (χ0) is 10.4. The van der Waals surface area contributed by atoms with E-state index in [1.54, 1.807) is 30.9 Å². The van der Waals surface area contributed by atoms with E-state index in [2.05, 4.69) is 16.9 Å². The maximum Gasteiger partial charge on any atom is 0.317 e. The molecular weight excluding hydrogens is 180 g/mol. The van der Waals surface area contributed by atoms with Crippen molar-refractivity contribution in [1.29, 1.82) is 0 Å². The molecule has 4 nitrogen and oxygen atoms in total. The average Bonchev–Trinajstić information content (AvgIpc) is 2.52. The molecule has 0 amide bonds. The first-order valence-corrected chi connectivity index (χ1v) is 4.36. The Morgan fingerprint density at radius 1 is 1.71 bits per heavy atom. The van der Waals surface area contributed by atoms with E-state index in [-0.39, 0.29) is 12.4 Å². The lowest BCUT2D eigenvalue weighted by molar-refractivity contribution is -0.141. The molecule has 1 aromatic rings. The van der Waals surface area contributed by atoms with Crippen molar-refractivity contribution >= 4 is 5.97 Å². The highest BCUT2D eigenvalue weighted by Gasteiger charge is 1.96. The van der Waals surface area contributed by atoms with E-state index in [4.69, 9.17) is 4.74 Å². The Labute approximate surface area is 82.9 Å². The van der Waals surface area contributed by atoms with Crippen LogP contribution in [0.5, 0.6) is 0 Å². The van der Waals surface area contributed by atoms with Crippen molar-refractivity contribution in [2.75, 3.05) is 6.61 Å². The normalized spacial score (nSPS) is 9.00. The van der Waals surface area contributed by atoms with Gasteiger partial charge in [0, 0.05) is 7.05 Å².